The van der Waals surface area contributed by atoms with Crippen LogP contribution < -0.4 is 12.4 Å². The molecule has 0 saturated heterocycles. The van der Waals surface area contributed by atoms with Gasteiger partial charge in [-0.15, -0.1) is 0 Å². The molecule has 0 nitrogen and oxygen atoms in total. The standard InChI is InChI=1S/2C5H5.ClH.Nd/c2*1-2-4-5-3-1;;/h2*1-5H;1H;/q2*-1;;+3/p-1. The number of halogens is 1. The Bertz CT molecular complexity index is 149. The Kier molecular flexibility index (Phi) is 14.0. The van der Waals surface area contributed by atoms with Gasteiger partial charge in [0.1, 0.15) is 0 Å². The molecule has 0 N–H and O–H groups in total. The molecule has 61 valence electrons. The van der Waals surface area contributed by atoms with Crippen LogP contribution in [0.3, 0.4) is 0 Å². The molecule has 2 rings (SSSR count). The summed E-state index contributed by atoms with van der Waals surface area (Å²) in [5, 5.41) is 0. The van der Waals surface area contributed by atoms with E-state index < -0.39 is 0 Å². The van der Waals surface area contributed by atoms with E-state index in [4.69, 9.17) is 0 Å². The topological polar surface area (TPSA) is 0 Å². The molecule has 0 heterocycles. The summed E-state index contributed by atoms with van der Waals surface area (Å²) >= 11 is 0. The quantitative estimate of drug-likeness (QED) is 0.592. The SMILES string of the molecule is [Cl-].[Nd+3].c1cc[cH-]c1.c1cc[cH-]c1. The molecule has 0 atom stereocenters. The van der Waals surface area contributed by atoms with Crippen molar-refractivity contribution in [1.82, 2.24) is 0 Å². The second kappa shape index (κ2) is 11.3. The fraction of sp³-hybridized carbons (Fsp3) is 0. The van der Waals surface area contributed by atoms with Crippen molar-refractivity contribution >= 4 is 0 Å². The predicted octanol–water partition coefficient (Wildman–Crippen LogP) is -0.185. The van der Waals surface area contributed by atoms with Crippen LogP contribution in [-0.2, 0) is 0 Å². The van der Waals surface area contributed by atoms with Gasteiger partial charge in [-0.1, -0.05) is 0 Å². The van der Waals surface area contributed by atoms with Crippen molar-refractivity contribution in [3.05, 3.63) is 60.7 Å². The Labute approximate surface area is 113 Å². The van der Waals surface area contributed by atoms with E-state index in [0.717, 1.165) is 0 Å². The van der Waals surface area contributed by atoms with Gasteiger partial charge in [-0.3, -0.25) is 0 Å². The molecule has 1 radical (unpaired) electrons. The Morgan fingerprint density at radius 2 is 0.833 bits per heavy atom. The summed E-state index contributed by atoms with van der Waals surface area (Å²) in [5.74, 6) is 0. The smallest absolute Gasteiger partial charge is 1.00 e. The van der Waals surface area contributed by atoms with Gasteiger partial charge in [0, 0.05) is 0 Å². The van der Waals surface area contributed by atoms with Crippen LogP contribution in [0.15, 0.2) is 60.7 Å². The first-order valence-electron chi connectivity index (χ1n) is 3.33. The molecular weight excluding hydrogens is 300 g/mol. The molecule has 2 heteroatoms. The summed E-state index contributed by atoms with van der Waals surface area (Å²) in [6.07, 6.45) is 0. The molecule has 0 aliphatic rings. The maximum atomic E-state index is 2.00. The summed E-state index contributed by atoms with van der Waals surface area (Å²) in [6.45, 7) is 0. The zero-order valence-electron chi connectivity index (χ0n) is 6.65. The van der Waals surface area contributed by atoms with Crippen LogP contribution in [0.2, 0.25) is 0 Å². The van der Waals surface area contributed by atoms with Gasteiger partial charge in [0.2, 0.25) is 0 Å². The minimum absolute atomic E-state index is 0. The van der Waals surface area contributed by atoms with Crippen LogP contribution in [0, 0.1) is 40.8 Å². The van der Waals surface area contributed by atoms with Crippen molar-refractivity contribution in [3.63, 3.8) is 0 Å². The molecule has 0 fully saturated rings. The summed E-state index contributed by atoms with van der Waals surface area (Å²) in [5.41, 5.74) is 0. The molecule has 2 aromatic carbocycles. The van der Waals surface area contributed by atoms with Crippen molar-refractivity contribution in [2.24, 2.45) is 0 Å². The van der Waals surface area contributed by atoms with Gasteiger partial charge in [0.15, 0.2) is 0 Å². The summed E-state index contributed by atoms with van der Waals surface area (Å²) in [6, 6.07) is 20.0. The number of rotatable bonds is 0. The van der Waals surface area contributed by atoms with Crippen molar-refractivity contribution in [1.29, 1.82) is 0 Å². The largest absolute Gasteiger partial charge is 3.00 e. The average Bonchev–Trinajstić information content (AvgIpc) is 2.67. The van der Waals surface area contributed by atoms with Crippen LogP contribution >= 0.6 is 0 Å². The van der Waals surface area contributed by atoms with Gasteiger partial charge in [-0.05, 0) is 0 Å². The second-order valence-electron chi connectivity index (χ2n) is 1.92. The molecule has 12 heavy (non-hydrogen) atoms. The Hall–Kier alpha value is 0.341. The zero-order valence-corrected chi connectivity index (χ0v) is 10.6. The first kappa shape index (κ1) is 14.8. The first-order chi connectivity index (χ1) is 5.00. The van der Waals surface area contributed by atoms with Crippen molar-refractivity contribution in [2.45, 2.75) is 0 Å². The Balaban J connectivity index is 0. The number of hydrogen-bond acceptors (Lipinski definition) is 0. The molecule has 0 bridgehead atoms. The van der Waals surface area contributed by atoms with Gasteiger partial charge < -0.3 is 12.4 Å². The fourth-order valence-corrected chi connectivity index (χ4v) is 0.642. The molecule has 0 aromatic heterocycles. The third-order valence-electron chi connectivity index (χ3n) is 1.11. The average molecular weight is 310 g/mol. The van der Waals surface area contributed by atoms with E-state index >= 15 is 0 Å². The van der Waals surface area contributed by atoms with Crippen LogP contribution in [-0.4, -0.2) is 0 Å². The minimum atomic E-state index is 0. The van der Waals surface area contributed by atoms with E-state index in [0.29, 0.717) is 0 Å². The third-order valence-corrected chi connectivity index (χ3v) is 1.11. The van der Waals surface area contributed by atoms with E-state index in [1.54, 1.807) is 0 Å². The Morgan fingerprint density at radius 3 is 0.917 bits per heavy atom. The van der Waals surface area contributed by atoms with Crippen LogP contribution in [0.4, 0.5) is 0 Å². The van der Waals surface area contributed by atoms with Crippen molar-refractivity contribution < 1.29 is 53.2 Å². The van der Waals surface area contributed by atoms with E-state index in [2.05, 4.69) is 0 Å². The van der Waals surface area contributed by atoms with Crippen molar-refractivity contribution in [3.8, 4) is 0 Å². The number of hydrogen-bond donors (Lipinski definition) is 0. The normalized spacial score (nSPS) is 6.67. The van der Waals surface area contributed by atoms with Gasteiger partial charge >= 0.3 is 40.8 Å². The van der Waals surface area contributed by atoms with Gasteiger partial charge in [0.25, 0.3) is 0 Å². The molecule has 0 aliphatic carbocycles. The molecule has 0 unspecified atom stereocenters. The zero-order chi connectivity index (χ0) is 7.07. The third kappa shape index (κ3) is 8.44. The maximum absolute atomic E-state index is 2.00. The van der Waals surface area contributed by atoms with Crippen LogP contribution in [0.1, 0.15) is 0 Å². The van der Waals surface area contributed by atoms with Crippen molar-refractivity contribution in [2.75, 3.05) is 0 Å². The molecule has 0 spiro atoms. The fourth-order valence-electron chi connectivity index (χ4n) is 0.642. The van der Waals surface area contributed by atoms with Crippen LogP contribution in [0.25, 0.3) is 0 Å². The Morgan fingerprint density at radius 1 is 0.583 bits per heavy atom. The first-order valence-corrected chi connectivity index (χ1v) is 3.33. The summed E-state index contributed by atoms with van der Waals surface area (Å²) in [7, 11) is 0. The van der Waals surface area contributed by atoms with E-state index in [9.17, 15) is 0 Å². The van der Waals surface area contributed by atoms with Gasteiger partial charge in [-0.25, -0.2) is 24.3 Å². The summed E-state index contributed by atoms with van der Waals surface area (Å²) < 4.78 is 0. The van der Waals surface area contributed by atoms with E-state index in [1.165, 1.54) is 0 Å². The van der Waals surface area contributed by atoms with E-state index in [1.807, 2.05) is 60.7 Å². The predicted molar refractivity (Wildman–Crippen MR) is 44.1 cm³/mol. The molecular formula is C10H10ClNd. The molecule has 0 amide bonds. The second-order valence-corrected chi connectivity index (χ2v) is 1.92. The van der Waals surface area contributed by atoms with E-state index in [-0.39, 0.29) is 53.2 Å². The monoisotopic (exact) mass is 307 g/mol. The molecule has 0 saturated carbocycles. The minimum Gasteiger partial charge on any atom is -1.00 e. The molecule has 0 aliphatic heterocycles. The summed E-state index contributed by atoms with van der Waals surface area (Å²) in [4.78, 5) is 0. The van der Waals surface area contributed by atoms with Crippen LogP contribution in [0.5, 0.6) is 0 Å². The van der Waals surface area contributed by atoms with Gasteiger partial charge in [-0.2, -0.15) is 36.4 Å². The molecule has 2 aromatic rings. The van der Waals surface area contributed by atoms with Gasteiger partial charge in [0.05, 0.1) is 0 Å². The maximum Gasteiger partial charge on any atom is 3.00 e.